The Kier molecular flexibility index (Phi) is 3.88. The van der Waals surface area contributed by atoms with Gasteiger partial charge in [-0.05, 0) is 43.9 Å². The zero-order valence-electron chi connectivity index (χ0n) is 11.0. The van der Waals surface area contributed by atoms with Crippen molar-refractivity contribution in [3.63, 3.8) is 0 Å². The Bertz CT molecular complexity index is 450. The number of nitrogens with one attached hydrogen (secondary N) is 1. The van der Waals surface area contributed by atoms with E-state index in [2.05, 4.69) is 18.3 Å². The highest BCUT2D eigenvalue weighted by atomic mass is 32.1. The van der Waals surface area contributed by atoms with Crippen molar-refractivity contribution in [1.82, 2.24) is 0 Å². The standard InChI is InChI=1S/C14H20N2OS/c1-10-4-5-11(13(15)18)12(8-10)16-9-14(17-2)6-3-7-14/h4-5,8,16H,3,6-7,9H2,1-2H3,(H2,15,18). The molecule has 1 aromatic rings. The Labute approximate surface area is 114 Å². The number of ether oxygens (including phenoxy) is 1. The van der Waals surface area contributed by atoms with Gasteiger partial charge in [-0.3, -0.25) is 0 Å². The number of aryl methyl sites for hydroxylation is 1. The van der Waals surface area contributed by atoms with Crippen LogP contribution < -0.4 is 11.1 Å². The van der Waals surface area contributed by atoms with Crippen LogP contribution in [0, 0.1) is 6.92 Å². The second-order valence-electron chi connectivity index (χ2n) is 5.01. The third-order valence-corrected chi connectivity index (χ3v) is 3.96. The molecule has 98 valence electrons. The summed E-state index contributed by atoms with van der Waals surface area (Å²) in [7, 11) is 1.78. The molecular weight excluding hydrogens is 244 g/mol. The van der Waals surface area contributed by atoms with Crippen LogP contribution in [0.3, 0.4) is 0 Å². The smallest absolute Gasteiger partial charge is 0.106 e. The fraction of sp³-hybridized carbons (Fsp3) is 0.500. The van der Waals surface area contributed by atoms with Crippen LogP contribution in [0.15, 0.2) is 18.2 Å². The number of anilines is 1. The van der Waals surface area contributed by atoms with Gasteiger partial charge in [0.2, 0.25) is 0 Å². The largest absolute Gasteiger partial charge is 0.389 e. The van der Waals surface area contributed by atoms with E-state index in [0.717, 1.165) is 30.6 Å². The third kappa shape index (κ3) is 2.65. The highest BCUT2D eigenvalue weighted by molar-refractivity contribution is 7.80. The lowest BCUT2D eigenvalue weighted by molar-refractivity contribution is -0.0601. The minimum Gasteiger partial charge on any atom is -0.389 e. The fourth-order valence-electron chi connectivity index (χ4n) is 2.30. The maximum atomic E-state index is 5.74. The van der Waals surface area contributed by atoms with Crippen molar-refractivity contribution in [3.8, 4) is 0 Å². The summed E-state index contributed by atoms with van der Waals surface area (Å²) in [5.41, 5.74) is 8.84. The van der Waals surface area contributed by atoms with Gasteiger partial charge in [-0.2, -0.15) is 0 Å². The van der Waals surface area contributed by atoms with Gasteiger partial charge in [0, 0.05) is 24.9 Å². The third-order valence-electron chi connectivity index (χ3n) is 3.74. The Morgan fingerprint density at radius 3 is 2.72 bits per heavy atom. The molecule has 3 nitrogen and oxygen atoms in total. The van der Waals surface area contributed by atoms with E-state index in [1.54, 1.807) is 7.11 Å². The van der Waals surface area contributed by atoms with E-state index in [-0.39, 0.29) is 5.60 Å². The van der Waals surface area contributed by atoms with Crippen LogP contribution in [0.25, 0.3) is 0 Å². The fourth-order valence-corrected chi connectivity index (χ4v) is 2.48. The summed E-state index contributed by atoms with van der Waals surface area (Å²) in [5, 5.41) is 3.44. The van der Waals surface area contributed by atoms with Crippen molar-refractivity contribution in [2.24, 2.45) is 5.73 Å². The Hall–Kier alpha value is -1.13. The summed E-state index contributed by atoms with van der Waals surface area (Å²) in [4.78, 5) is 0.428. The van der Waals surface area contributed by atoms with Gasteiger partial charge in [-0.25, -0.2) is 0 Å². The van der Waals surface area contributed by atoms with E-state index in [0.29, 0.717) is 4.99 Å². The van der Waals surface area contributed by atoms with Crippen molar-refractivity contribution < 1.29 is 4.74 Å². The molecule has 0 atom stereocenters. The molecule has 0 spiro atoms. The first kappa shape index (κ1) is 13.3. The second kappa shape index (κ2) is 5.24. The number of thiocarbonyl (C=S) groups is 1. The summed E-state index contributed by atoms with van der Waals surface area (Å²) < 4.78 is 5.60. The van der Waals surface area contributed by atoms with Crippen LogP contribution >= 0.6 is 12.2 Å². The van der Waals surface area contributed by atoms with E-state index in [1.165, 1.54) is 12.0 Å². The molecule has 1 aliphatic carbocycles. The Morgan fingerprint density at radius 1 is 1.50 bits per heavy atom. The lowest BCUT2D eigenvalue weighted by atomic mass is 9.80. The molecule has 4 heteroatoms. The molecule has 0 aromatic heterocycles. The summed E-state index contributed by atoms with van der Waals surface area (Å²) in [6.07, 6.45) is 3.47. The molecule has 1 fully saturated rings. The molecule has 1 aromatic carbocycles. The number of hydrogen-bond donors (Lipinski definition) is 2. The van der Waals surface area contributed by atoms with Gasteiger partial charge in [0.25, 0.3) is 0 Å². The van der Waals surface area contributed by atoms with Gasteiger partial charge in [0.15, 0.2) is 0 Å². The van der Waals surface area contributed by atoms with Crippen LogP contribution in [-0.4, -0.2) is 24.2 Å². The average Bonchev–Trinajstić information content (AvgIpc) is 2.28. The predicted molar refractivity (Wildman–Crippen MR) is 79.1 cm³/mol. The quantitative estimate of drug-likeness (QED) is 0.803. The number of methoxy groups -OCH3 is 1. The van der Waals surface area contributed by atoms with Crippen molar-refractivity contribution in [2.45, 2.75) is 31.8 Å². The highest BCUT2D eigenvalue weighted by Gasteiger charge is 2.36. The lowest BCUT2D eigenvalue weighted by Gasteiger charge is -2.40. The normalized spacial score (nSPS) is 17.0. The van der Waals surface area contributed by atoms with E-state index >= 15 is 0 Å². The predicted octanol–water partition coefficient (Wildman–Crippen LogP) is 2.61. The van der Waals surface area contributed by atoms with Crippen LogP contribution in [0.4, 0.5) is 5.69 Å². The molecule has 0 unspecified atom stereocenters. The monoisotopic (exact) mass is 264 g/mol. The molecule has 3 N–H and O–H groups in total. The van der Waals surface area contributed by atoms with E-state index < -0.39 is 0 Å². The minimum absolute atomic E-state index is 0.00274. The Morgan fingerprint density at radius 2 is 2.22 bits per heavy atom. The van der Waals surface area contributed by atoms with E-state index in [4.69, 9.17) is 22.7 Å². The van der Waals surface area contributed by atoms with Crippen molar-refractivity contribution in [1.29, 1.82) is 0 Å². The van der Waals surface area contributed by atoms with Gasteiger partial charge < -0.3 is 15.8 Å². The maximum Gasteiger partial charge on any atom is 0.106 e. The molecule has 18 heavy (non-hydrogen) atoms. The van der Waals surface area contributed by atoms with Crippen molar-refractivity contribution >= 4 is 22.9 Å². The number of nitrogens with two attached hydrogens (primary N) is 1. The van der Waals surface area contributed by atoms with E-state index in [9.17, 15) is 0 Å². The van der Waals surface area contributed by atoms with Gasteiger partial charge in [0.1, 0.15) is 4.99 Å². The lowest BCUT2D eigenvalue weighted by Crippen LogP contribution is -2.45. The summed E-state index contributed by atoms with van der Waals surface area (Å²) in [6, 6.07) is 6.08. The summed E-state index contributed by atoms with van der Waals surface area (Å²) in [5.74, 6) is 0. The maximum absolute atomic E-state index is 5.74. The van der Waals surface area contributed by atoms with Crippen molar-refractivity contribution in [2.75, 3.05) is 19.0 Å². The molecule has 0 amide bonds. The second-order valence-corrected chi connectivity index (χ2v) is 5.45. The SMILES string of the molecule is COC1(CNc2cc(C)ccc2C(N)=S)CCC1. The van der Waals surface area contributed by atoms with Gasteiger partial charge >= 0.3 is 0 Å². The number of benzene rings is 1. The first-order valence-corrected chi connectivity index (χ1v) is 6.67. The first-order valence-electron chi connectivity index (χ1n) is 6.26. The molecule has 0 radical (unpaired) electrons. The first-order chi connectivity index (χ1) is 8.56. The summed E-state index contributed by atoms with van der Waals surface area (Å²) >= 11 is 5.08. The molecule has 0 heterocycles. The topological polar surface area (TPSA) is 47.3 Å². The zero-order chi connectivity index (χ0) is 13.2. The van der Waals surface area contributed by atoms with Crippen LogP contribution in [0.2, 0.25) is 0 Å². The molecule has 0 bridgehead atoms. The zero-order valence-corrected chi connectivity index (χ0v) is 11.8. The molecule has 0 aliphatic heterocycles. The molecule has 1 aliphatic rings. The van der Waals surface area contributed by atoms with Gasteiger partial charge in [-0.15, -0.1) is 0 Å². The molecule has 2 rings (SSSR count). The van der Waals surface area contributed by atoms with Crippen LogP contribution in [0.1, 0.15) is 30.4 Å². The molecule has 0 saturated heterocycles. The minimum atomic E-state index is -0.00274. The van der Waals surface area contributed by atoms with E-state index in [1.807, 2.05) is 12.1 Å². The summed E-state index contributed by atoms with van der Waals surface area (Å²) in [6.45, 7) is 2.87. The van der Waals surface area contributed by atoms with Crippen molar-refractivity contribution in [3.05, 3.63) is 29.3 Å². The van der Waals surface area contributed by atoms with Crippen LogP contribution in [-0.2, 0) is 4.74 Å². The average molecular weight is 264 g/mol. The molecular formula is C14H20N2OS. The number of rotatable bonds is 5. The van der Waals surface area contributed by atoms with Gasteiger partial charge in [0.05, 0.1) is 5.60 Å². The Balaban J connectivity index is 2.12. The number of hydrogen-bond acceptors (Lipinski definition) is 3. The molecule has 1 saturated carbocycles. The van der Waals surface area contributed by atoms with Crippen LogP contribution in [0.5, 0.6) is 0 Å². The highest BCUT2D eigenvalue weighted by Crippen LogP contribution is 2.35. The van der Waals surface area contributed by atoms with Gasteiger partial charge in [-0.1, -0.05) is 18.3 Å².